The van der Waals surface area contributed by atoms with Crippen LogP contribution in [0.3, 0.4) is 0 Å². The minimum absolute atomic E-state index is 0.151. The number of aryl methyl sites for hydroxylation is 1. The Labute approximate surface area is 172 Å². The molecule has 3 rings (SSSR count). The number of nitrogens with one attached hydrogen (secondary N) is 2. The van der Waals surface area contributed by atoms with Gasteiger partial charge in [-0.05, 0) is 54.8 Å². The number of carbonyl (C=O) groups is 2. The summed E-state index contributed by atoms with van der Waals surface area (Å²) in [5, 5.41) is 7.03. The van der Waals surface area contributed by atoms with E-state index in [1.165, 1.54) is 6.07 Å². The van der Waals surface area contributed by atoms with Crippen molar-refractivity contribution in [1.82, 2.24) is 4.98 Å². The SMILES string of the molecule is Cc1cccc(NC(=O)c2ccc(NC(=O)CCS(=O)(=O)c3cccs3)cc2)n1. The van der Waals surface area contributed by atoms with E-state index in [0.717, 1.165) is 17.0 Å². The van der Waals surface area contributed by atoms with Gasteiger partial charge in [-0.25, -0.2) is 13.4 Å². The van der Waals surface area contributed by atoms with Crippen LogP contribution in [-0.4, -0.2) is 31.0 Å². The van der Waals surface area contributed by atoms with Gasteiger partial charge in [0.15, 0.2) is 9.84 Å². The number of benzene rings is 1. The minimum atomic E-state index is -3.46. The first-order valence-electron chi connectivity index (χ1n) is 8.75. The second-order valence-corrected chi connectivity index (χ2v) is 9.53. The third-order valence-electron chi connectivity index (χ3n) is 3.96. The Bertz CT molecular complexity index is 1110. The van der Waals surface area contributed by atoms with Crippen molar-refractivity contribution in [3.8, 4) is 0 Å². The first-order valence-corrected chi connectivity index (χ1v) is 11.3. The standard InChI is InChI=1S/C20H19N3O4S2/c1-14-4-2-5-17(21-14)23-20(25)15-7-9-16(10-8-15)22-18(24)11-13-29(26,27)19-6-3-12-28-19/h2-10,12H,11,13H2,1H3,(H,22,24)(H,21,23,25). The third kappa shape index (κ3) is 5.72. The molecule has 2 aromatic heterocycles. The van der Waals surface area contributed by atoms with Crippen molar-refractivity contribution in [2.75, 3.05) is 16.4 Å². The second kappa shape index (κ2) is 8.97. The topological polar surface area (TPSA) is 105 Å². The Morgan fingerprint density at radius 1 is 1.00 bits per heavy atom. The molecule has 0 saturated carbocycles. The van der Waals surface area contributed by atoms with Crippen molar-refractivity contribution < 1.29 is 18.0 Å². The number of pyridine rings is 1. The smallest absolute Gasteiger partial charge is 0.256 e. The summed E-state index contributed by atoms with van der Waals surface area (Å²) in [4.78, 5) is 28.6. The average Bonchev–Trinajstić information content (AvgIpc) is 3.23. The van der Waals surface area contributed by atoms with Gasteiger partial charge in [0.2, 0.25) is 5.91 Å². The van der Waals surface area contributed by atoms with E-state index in [1.54, 1.807) is 47.8 Å². The number of carbonyl (C=O) groups excluding carboxylic acids is 2. The van der Waals surface area contributed by atoms with Crippen LogP contribution < -0.4 is 10.6 Å². The number of hydrogen-bond donors (Lipinski definition) is 2. The van der Waals surface area contributed by atoms with Gasteiger partial charge in [0.1, 0.15) is 10.0 Å². The van der Waals surface area contributed by atoms with Crippen LogP contribution in [0.25, 0.3) is 0 Å². The van der Waals surface area contributed by atoms with Gasteiger partial charge in [-0.2, -0.15) is 0 Å². The summed E-state index contributed by atoms with van der Waals surface area (Å²) in [7, 11) is -3.46. The van der Waals surface area contributed by atoms with Crippen LogP contribution in [-0.2, 0) is 14.6 Å². The fraction of sp³-hybridized carbons (Fsp3) is 0.150. The molecule has 0 bridgehead atoms. The number of rotatable bonds is 7. The Kier molecular flexibility index (Phi) is 6.40. The predicted octanol–water partition coefficient (Wildman–Crippen LogP) is 3.51. The maximum atomic E-state index is 12.3. The van der Waals surface area contributed by atoms with Crippen molar-refractivity contribution in [1.29, 1.82) is 0 Å². The molecule has 0 aliphatic carbocycles. The molecule has 0 atom stereocenters. The third-order valence-corrected chi connectivity index (χ3v) is 7.16. The molecule has 2 heterocycles. The molecule has 1 aromatic carbocycles. The molecule has 0 spiro atoms. The lowest BCUT2D eigenvalue weighted by Crippen LogP contribution is -2.17. The molecule has 0 aliphatic heterocycles. The van der Waals surface area contributed by atoms with E-state index in [-0.39, 0.29) is 22.3 Å². The van der Waals surface area contributed by atoms with Crippen LogP contribution >= 0.6 is 11.3 Å². The summed E-state index contributed by atoms with van der Waals surface area (Å²) >= 11 is 1.13. The molecule has 0 aliphatic rings. The van der Waals surface area contributed by atoms with Gasteiger partial charge < -0.3 is 10.6 Å². The van der Waals surface area contributed by atoms with E-state index in [0.29, 0.717) is 17.1 Å². The highest BCUT2D eigenvalue weighted by Crippen LogP contribution is 2.18. The number of nitrogens with zero attached hydrogens (tertiary/aromatic N) is 1. The zero-order valence-electron chi connectivity index (χ0n) is 15.6. The highest BCUT2D eigenvalue weighted by Gasteiger charge is 2.17. The quantitative estimate of drug-likeness (QED) is 0.598. The number of thiophene rings is 1. The molecule has 0 fully saturated rings. The van der Waals surface area contributed by atoms with Crippen LogP contribution in [0.5, 0.6) is 0 Å². The molecule has 9 heteroatoms. The molecule has 2 N–H and O–H groups in total. The molecule has 150 valence electrons. The number of sulfone groups is 1. The number of anilines is 2. The second-order valence-electron chi connectivity index (χ2n) is 6.24. The minimum Gasteiger partial charge on any atom is -0.326 e. The monoisotopic (exact) mass is 429 g/mol. The molecule has 0 unspecified atom stereocenters. The number of amides is 2. The van der Waals surface area contributed by atoms with Crippen LogP contribution in [0.15, 0.2) is 64.2 Å². The first-order chi connectivity index (χ1) is 13.8. The van der Waals surface area contributed by atoms with Gasteiger partial charge in [0, 0.05) is 23.4 Å². The zero-order valence-corrected chi connectivity index (χ0v) is 17.2. The summed E-state index contributed by atoms with van der Waals surface area (Å²) in [6.07, 6.45) is -0.151. The Balaban J connectivity index is 1.54. The largest absolute Gasteiger partial charge is 0.326 e. The van der Waals surface area contributed by atoms with E-state index in [1.807, 2.05) is 13.0 Å². The van der Waals surface area contributed by atoms with Crippen LogP contribution in [0.4, 0.5) is 11.5 Å². The molecule has 0 saturated heterocycles. The van der Waals surface area contributed by atoms with Gasteiger partial charge in [0.25, 0.3) is 5.91 Å². The van der Waals surface area contributed by atoms with E-state index in [9.17, 15) is 18.0 Å². The van der Waals surface area contributed by atoms with Gasteiger partial charge >= 0.3 is 0 Å². The maximum Gasteiger partial charge on any atom is 0.256 e. The summed E-state index contributed by atoms with van der Waals surface area (Å²) in [6, 6.07) is 14.8. The summed E-state index contributed by atoms with van der Waals surface area (Å²) in [6.45, 7) is 1.83. The first kappa shape index (κ1) is 20.7. The Hall–Kier alpha value is -3.04. The van der Waals surface area contributed by atoms with Crippen molar-refractivity contribution in [2.45, 2.75) is 17.6 Å². The number of hydrogen-bond acceptors (Lipinski definition) is 6. The lowest BCUT2D eigenvalue weighted by molar-refractivity contribution is -0.115. The average molecular weight is 430 g/mol. The van der Waals surface area contributed by atoms with Crippen LogP contribution in [0.2, 0.25) is 0 Å². The summed E-state index contributed by atoms with van der Waals surface area (Å²) in [5.74, 6) is -0.530. The molecule has 0 radical (unpaired) electrons. The van der Waals surface area contributed by atoms with E-state index in [2.05, 4.69) is 15.6 Å². The van der Waals surface area contributed by atoms with E-state index in [4.69, 9.17) is 0 Å². The highest BCUT2D eigenvalue weighted by atomic mass is 32.2. The summed E-state index contributed by atoms with van der Waals surface area (Å²) in [5.41, 5.74) is 1.68. The molecular weight excluding hydrogens is 410 g/mol. The summed E-state index contributed by atoms with van der Waals surface area (Å²) < 4.78 is 24.5. The van der Waals surface area contributed by atoms with Gasteiger partial charge in [0.05, 0.1) is 5.75 Å². The van der Waals surface area contributed by atoms with Gasteiger partial charge in [-0.1, -0.05) is 12.1 Å². The predicted molar refractivity (Wildman–Crippen MR) is 113 cm³/mol. The van der Waals surface area contributed by atoms with Crippen molar-refractivity contribution in [3.05, 3.63) is 71.2 Å². The molecule has 2 amide bonds. The lowest BCUT2D eigenvalue weighted by atomic mass is 10.2. The molecule has 3 aromatic rings. The van der Waals surface area contributed by atoms with Crippen molar-refractivity contribution in [3.63, 3.8) is 0 Å². The van der Waals surface area contributed by atoms with Gasteiger partial charge in [-0.3, -0.25) is 9.59 Å². The molecular formula is C20H19N3O4S2. The normalized spacial score (nSPS) is 11.1. The highest BCUT2D eigenvalue weighted by molar-refractivity contribution is 7.93. The number of aromatic nitrogens is 1. The fourth-order valence-electron chi connectivity index (χ4n) is 2.50. The Morgan fingerprint density at radius 2 is 1.76 bits per heavy atom. The zero-order chi connectivity index (χ0) is 20.9. The maximum absolute atomic E-state index is 12.3. The molecule has 29 heavy (non-hydrogen) atoms. The van der Waals surface area contributed by atoms with E-state index >= 15 is 0 Å². The van der Waals surface area contributed by atoms with Crippen LogP contribution in [0, 0.1) is 6.92 Å². The fourth-order valence-corrected chi connectivity index (χ4v) is 4.89. The van der Waals surface area contributed by atoms with E-state index < -0.39 is 15.7 Å². The molecule has 7 nitrogen and oxygen atoms in total. The lowest BCUT2D eigenvalue weighted by Gasteiger charge is -2.08. The van der Waals surface area contributed by atoms with Crippen molar-refractivity contribution >= 4 is 44.5 Å². The van der Waals surface area contributed by atoms with Crippen LogP contribution in [0.1, 0.15) is 22.5 Å². The van der Waals surface area contributed by atoms with Crippen molar-refractivity contribution in [2.24, 2.45) is 0 Å². The Morgan fingerprint density at radius 3 is 2.41 bits per heavy atom. The van der Waals surface area contributed by atoms with Gasteiger partial charge in [-0.15, -0.1) is 11.3 Å².